The fourth-order valence-corrected chi connectivity index (χ4v) is 0.578. The number of hydrogen-bond acceptors (Lipinski definition) is 3. The molecule has 0 rings (SSSR count). The van der Waals surface area contributed by atoms with E-state index in [1.54, 1.807) is 0 Å². The molecule has 0 amide bonds. The maximum absolute atomic E-state index is 10.3. The van der Waals surface area contributed by atoms with E-state index < -0.39 is 0 Å². The van der Waals surface area contributed by atoms with Crippen molar-refractivity contribution in [2.75, 3.05) is 0 Å². The molecule has 68 valence electrons. The molecule has 2 N–H and O–H groups in total. The lowest BCUT2D eigenvalue weighted by Crippen LogP contribution is -2.08. The van der Waals surface area contributed by atoms with Gasteiger partial charge in [-0.15, -0.1) is 0 Å². The molecule has 0 aliphatic rings. The van der Waals surface area contributed by atoms with Crippen LogP contribution in [0.2, 0.25) is 0 Å². The van der Waals surface area contributed by atoms with E-state index >= 15 is 0 Å². The SMILES string of the molecule is CC.CCCCCC(=O)ON. The first kappa shape index (κ1) is 13.1. The van der Waals surface area contributed by atoms with Gasteiger partial charge in [-0.05, 0) is 6.42 Å². The third-order valence-corrected chi connectivity index (χ3v) is 1.12. The van der Waals surface area contributed by atoms with Gasteiger partial charge in [0.25, 0.3) is 0 Å². The van der Waals surface area contributed by atoms with Crippen molar-refractivity contribution >= 4 is 5.97 Å². The summed E-state index contributed by atoms with van der Waals surface area (Å²) in [6, 6.07) is 0. The van der Waals surface area contributed by atoms with Gasteiger partial charge >= 0.3 is 5.97 Å². The van der Waals surface area contributed by atoms with Gasteiger partial charge in [0, 0.05) is 6.42 Å². The lowest BCUT2D eigenvalue weighted by Gasteiger charge is -1.94. The molecule has 0 unspecified atom stereocenters. The summed E-state index contributed by atoms with van der Waals surface area (Å²) in [6.45, 7) is 6.08. The monoisotopic (exact) mass is 161 g/mol. The van der Waals surface area contributed by atoms with Crippen LogP contribution in [0.15, 0.2) is 0 Å². The number of rotatable bonds is 4. The molecular formula is C8H19NO2. The Hall–Kier alpha value is -0.570. The number of unbranched alkanes of at least 4 members (excludes halogenated alkanes) is 2. The fourth-order valence-electron chi connectivity index (χ4n) is 0.578. The smallest absolute Gasteiger partial charge is 0.324 e. The number of hydrogen-bond donors (Lipinski definition) is 1. The third-order valence-electron chi connectivity index (χ3n) is 1.12. The van der Waals surface area contributed by atoms with Crippen molar-refractivity contribution in [2.45, 2.75) is 46.5 Å². The highest BCUT2D eigenvalue weighted by Gasteiger charge is 1.97. The maximum Gasteiger partial charge on any atom is 0.324 e. The van der Waals surface area contributed by atoms with Crippen LogP contribution in [0.3, 0.4) is 0 Å². The Balaban J connectivity index is 0. The second-order valence-corrected chi connectivity index (χ2v) is 1.95. The minimum absolute atomic E-state index is 0.316. The topological polar surface area (TPSA) is 52.3 Å². The zero-order valence-electron chi connectivity index (χ0n) is 7.72. The molecule has 0 heterocycles. The van der Waals surface area contributed by atoms with Crippen LogP contribution in [0.5, 0.6) is 0 Å². The van der Waals surface area contributed by atoms with E-state index in [4.69, 9.17) is 0 Å². The molecule has 0 spiro atoms. The van der Waals surface area contributed by atoms with Crippen molar-refractivity contribution in [3.8, 4) is 0 Å². The van der Waals surface area contributed by atoms with E-state index in [2.05, 4.69) is 17.7 Å². The first-order valence-corrected chi connectivity index (χ1v) is 4.20. The summed E-state index contributed by atoms with van der Waals surface area (Å²) in [5, 5.41) is 0. The summed E-state index contributed by atoms with van der Waals surface area (Å²) in [5.41, 5.74) is 0. The van der Waals surface area contributed by atoms with Crippen molar-refractivity contribution in [2.24, 2.45) is 5.90 Å². The summed E-state index contributed by atoms with van der Waals surface area (Å²) in [6.07, 6.45) is 3.50. The van der Waals surface area contributed by atoms with Gasteiger partial charge in [0.15, 0.2) is 0 Å². The molecule has 0 atom stereocenters. The predicted molar refractivity (Wildman–Crippen MR) is 45.8 cm³/mol. The van der Waals surface area contributed by atoms with Crippen molar-refractivity contribution in [1.82, 2.24) is 0 Å². The lowest BCUT2D eigenvalue weighted by atomic mass is 10.2. The van der Waals surface area contributed by atoms with E-state index in [0.29, 0.717) is 6.42 Å². The summed E-state index contributed by atoms with van der Waals surface area (Å²) >= 11 is 0. The van der Waals surface area contributed by atoms with Gasteiger partial charge in [-0.2, -0.15) is 5.90 Å². The highest BCUT2D eigenvalue weighted by molar-refractivity contribution is 5.68. The Morgan fingerprint density at radius 1 is 1.36 bits per heavy atom. The van der Waals surface area contributed by atoms with E-state index in [1.165, 1.54) is 0 Å². The van der Waals surface area contributed by atoms with E-state index in [9.17, 15) is 4.79 Å². The number of nitrogens with two attached hydrogens (primary N) is 1. The van der Waals surface area contributed by atoms with Gasteiger partial charge in [-0.1, -0.05) is 33.6 Å². The van der Waals surface area contributed by atoms with Gasteiger partial charge < -0.3 is 4.84 Å². The first-order valence-electron chi connectivity index (χ1n) is 4.20. The van der Waals surface area contributed by atoms with Gasteiger partial charge in [-0.25, -0.2) is 0 Å². The molecule has 0 bridgehead atoms. The first-order chi connectivity index (χ1) is 5.31. The number of carbonyl (C=O) groups excluding carboxylic acids is 1. The Bertz CT molecular complexity index is 84.2. The zero-order valence-corrected chi connectivity index (χ0v) is 7.72. The largest absolute Gasteiger partial charge is 0.373 e. The molecule has 3 nitrogen and oxygen atoms in total. The van der Waals surface area contributed by atoms with Crippen molar-refractivity contribution in [3.63, 3.8) is 0 Å². The van der Waals surface area contributed by atoms with Crippen LogP contribution >= 0.6 is 0 Å². The second-order valence-electron chi connectivity index (χ2n) is 1.95. The van der Waals surface area contributed by atoms with E-state index in [-0.39, 0.29) is 5.97 Å². The Morgan fingerprint density at radius 3 is 2.27 bits per heavy atom. The molecule has 0 radical (unpaired) electrons. The van der Waals surface area contributed by atoms with Crippen LogP contribution in [0.1, 0.15) is 46.5 Å². The van der Waals surface area contributed by atoms with Crippen molar-refractivity contribution in [1.29, 1.82) is 0 Å². The second kappa shape index (κ2) is 12.1. The summed E-state index contributed by atoms with van der Waals surface area (Å²) in [4.78, 5) is 14.3. The summed E-state index contributed by atoms with van der Waals surface area (Å²) in [7, 11) is 0. The minimum atomic E-state index is -0.316. The lowest BCUT2D eigenvalue weighted by molar-refractivity contribution is -0.144. The Kier molecular flexibility index (Phi) is 14.4. The third kappa shape index (κ3) is 12.6. The number of carbonyl (C=O) groups is 1. The minimum Gasteiger partial charge on any atom is -0.373 e. The van der Waals surface area contributed by atoms with E-state index in [0.717, 1.165) is 19.3 Å². The average molecular weight is 161 g/mol. The fraction of sp³-hybridized carbons (Fsp3) is 0.875. The molecule has 3 heteroatoms. The van der Waals surface area contributed by atoms with Crippen LogP contribution in [0, 0.1) is 0 Å². The Morgan fingerprint density at radius 2 is 1.91 bits per heavy atom. The van der Waals surface area contributed by atoms with Crippen LogP contribution in [-0.4, -0.2) is 5.97 Å². The predicted octanol–water partition coefficient (Wildman–Crippen LogP) is 2.01. The molecule has 0 aromatic rings. The molecule has 0 aromatic carbocycles. The van der Waals surface area contributed by atoms with Gasteiger partial charge in [0.2, 0.25) is 0 Å². The van der Waals surface area contributed by atoms with Crippen molar-refractivity contribution in [3.05, 3.63) is 0 Å². The standard InChI is InChI=1S/C6H13NO2.C2H6/c1-2-3-4-5-6(8)9-7;1-2/h2-5,7H2,1H3;1-2H3. The van der Waals surface area contributed by atoms with E-state index in [1.807, 2.05) is 13.8 Å². The molecule has 0 aliphatic carbocycles. The summed E-state index contributed by atoms with van der Waals surface area (Å²) < 4.78 is 0. The molecule has 0 saturated heterocycles. The highest BCUT2D eigenvalue weighted by atomic mass is 16.7. The normalized spacial score (nSPS) is 8.00. The quantitative estimate of drug-likeness (QED) is 0.507. The molecule has 0 saturated carbocycles. The maximum atomic E-state index is 10.3. The Labute approximate surface area is 68.9 Å². The zero-order chi connectivity index (χ0) is 9.11. The molecule has 0 fully saturated rings. The van der Waals surface area contributed by atoms with Gasteiger partial charge in [0.05, 0.1) is 0 Å². The van der Waals surface area contributed by atoms with Crippen LogP contribution < -0.4 is 5.90 Å². The van der Waals surface area contributed by atoms with Crippen LogP contribution in [-0.2, 0) is 9.63 Å². The van der Waals surface area contributed by atoms with Crippen molar-refractivity contribution < 1.29 is 9.63 Å². The molecule has 0 aliphatic heterocycles. The average Bonchev–Trinajstić information content (AvgIpc) is 2.08. The highest BCUT2D eigenvalue weighted by Crippen LogP contribution is 1.98. The molecule has 0 aromatic heterocycles. The van der Waals surface area contributed by atoms with Gasteiger partial charge in [-0.3, -0.25) is 4.79 Å². The van der Waals surface area contributed by atoms with Crippen LogP contribution in [0.25, 0.3) is 0 Å². The van der Waals surface area contributed by atoms with Gasteiger partial charge in [0.1, 0.15) is 0 Å². The molecular weight excluding hydrogens is 142 g/mol. The van der Waals surface area contributed by atoms with Crippen LogP contribution in [0.4, 0.5) is 0 Å². The summed E-state index contributed by atoms with van der Waals surface area (Å²) in [5.74, 6) is 4.29. The molecule has 11 heavy (non-hydrogen) atoms.